The van der Waals surface area contributed by atoms with E-state index < -0.39 is 0 Å². The maximum atomic E-state index is 13.4. The molecule has 20 heavy (non-hydrogen) atoms. The Morgan fingerprint density at radius 3 is 2.70 bits per heavy atom. The fourth-order valence-corrected chi connectivity index (χ4v) is 2.72. The third-order valence-electron chi connectivity index (χ3n) is 3.88. The highest BCUT2D eigenvalue weighted by Gasteiger charge is 2.21. The van der Waals surface area contributed by atoms with Crippen LogP contribution in [0.5, 0.6) is 0 Å². The number of aryl methyl sites for hydroxylation is 1. The molecule has 0 saturated carbocycles. The second kappa shape index (κ2) is 5.63. The van der Waals surface area contributed by atoms with Gasteiger partial charge in [-0.25, -0.2) is 4.39 Å². The van der Waals surface area contributed by atoms with E-state index in [1.165, 1.54) is 5.56 Å². The van der Waals surface area contributed by atoms with Crippen LogP contribution in [-0.4, -0.2) is 19.6 Å². The van der Waals surface area contributed by atoms with E-state index in [9.17, 15) is 4.39 Å². The minimum absolute atomic E-state index is 0.136. The molecule has 3 heteroatoms. The molecule has 3 rings (SSSR count). The van der Waals surface area contributed by atoms with E-state index in [0.717, 1.165) is 25.3 Å². The van der Waals surface area contributed by atoms with E-state index >= 15 is 0 Å². The number of halogens is 1. The summed E-state index contributed by atoms with van der Waals surface area (Å²) in [6, 6.07) is 16.2. The van der Waals surface area contributed by atoms with Crippen molar-refractivity contribution in [3.05, 3.63) is 65.5 Å². The molecule has 1 heterocycles. The second-order valence-corrected chi connectivity index (χ2v) is 5.30. The molecular weight excluding hydrogens is 251 g/mol. The highest BCUT2D eigenvalue weighted by molar-refractivity contribution is 5.49. The van der Waals surface area contributed by atoms with Gasteiger partial charge in [-0.15, -0.1) is 0 Å². The van der Waals surface area contributed by atoms with Gasteiger partial charge in [0.15, 0.2) is 0 Å². The van der Waals surface area contributed by atoms with Crippen molar-refractivity contribution in [2.75, 3.05) is 24.5 Å². The Hall–Kier alpha value is -1.87. The normalized spacial score (nSPS) is 19.1. The van der Waals surface area contributed by atoms with Crippen molar-refractivity contribution in [1.29, 1.82) is 0 Å². The van der Waals surface area contributed by atoms with Gasteiger partial charge in [0.2, 0.25) is 0 Å². The Labute approximate surface area is 119 Å². The van der Waals surface area contributed by atoms with E-state index in [0.29, 0.717) is 11.6 Å². The molecule has 2 aromatic rings. The fourth-order valence-electron chi connectivity index (χ4n) is 2.72. The third kappa shape index (κ3) is 2.68. The van der Waals surface area contributed by atoms with Gasteiger partial charge in [0, 0.05) is 31.4 Å². The summed E-state index contributed by atoms with van der Waals surface area (Å²) in [5.74, 6) is -0.136. The summed E-state index contributed by atoms with van der Waals surface area (Å²) < 4.78 is 13.4. The Bertz CT molecular complexity index is 583. The molecule has 1 atom stereocenters. The van der Waals surface area contributed by atoms with Gasteiger partial charge in [-0.3, -0.25) is 0 Å². The van der Waals surface area contributed by atoms with Crippen molar-refractivity contribution < 1.29 is 4.39 Å². The summed E-state index contributed by atoms with van der Waals surface area (Å²) in [7, 11) is 0. The summed E-state index contributed by atoms with van der Waals surface area (Å²) >= 11 is 0. The van der Waals surface area contributed by atoms with Crippen LogP contribution in [-0.2, 0) is 0 Å². The maximum Gasteiger partial charge on any atom is 0.126 e. The van der Waals surface area contributed by atoms with Crippen LogP contribution >= 0.6 is 0 Å². The smallest absolute Gasteiger partial charge is 0.126 e. The third-order valence-corrected chi connectivity index (χ3v) is 3.88. The van der Waals surface area contributed by atoms with Crippen LogP contribution < -0.4 is 10.2 Å². The average Bonchev–Trinajstić information content (AvgIpc) is 2.51. The number of nitrogens with zero attached hydrogens (tertiary/aromatic N) is 1. The standard InChI is InChI=1S/C17H19FN2/c1-13-11-15(7-8-16(13)18)20-10-9-19-17(12-20)14-5-3-2-4-6-14/h2-8,11,17,19H,9-10,12H2,1H3. The van der Waals surface area contributed by atoms with Crippen LogP contribution in [0.1, 0.15) is 17.2 Å². The Balaban J connectivity index is 1.79. The molecule has 0 aromatic heterocycles. The van der Waals surface area contributed by atoms with Crippen molar-refractivity contribution in [2.24, 2.45) is 0 Å². The van der Waals surface area contributed by atoms with Crippen molar-refractivity contribution in [1.82, 2.24) is 5.32 Å². The molecule has 2 aromatic carbocycles. The quantitative estimate of drug-likeness (QED) is 0.901. The van der Waals surface area contributed by atoms with Crippen molar-refractivity contribution in [3.8, 4) is 0 Å². The lowest BCUT2D eigenvalue weighted by molar-refractivity contribution is 0.472. The van der Waals surface area contributed by atoms with E-state index in [1.54, 1.807) is 6.07 Å². The molecule has 1 saturated heterocycles. The topological polar surface area (TPSA) is 15.3 Å². The molecule has 1 unspecified atom stereocenters. The predicted octanol–water partition coefficient (Wildman–Crippen LogP) is 3.29. The highest BCUT2D eigenvalue weighted by Crippen LogP contribution is 2.24. The first-order chi connectivity index (χ1) is 9.74. The van der Waals surface area contributed by atoms with Crippen LogP contribution in [0.2, 0.25) is 0 Å². The first-order valence-corrected chi connectivity index (χ1v) is 7.03. The van der Waals surface area contributed by atoms with Gasteiger partial charge in [0.25, 0.3) is 0 Å². The van der Waals surface area contributed by atoms with Crippen LogP contribution in [0.3, 0.4) is 0 Å². The molecule has 0 bridgehead atoms. The molecule has 1 aliphatic heterocycles. The van der Waals surface area contributed by atoms with E-state index in [-0.39, 0.29) is 5.82 Å². The van der Waals surface area contributed by atoms with Gasteiger partial charge < -0.3 is 10.2 Å². The highest BCUT2D eigenvalue weighted by atomic mass is 19.1. The van der Waals surface area contributed by atoms with Gasteiger partial charge in [-0.2, -0.15) is 0 Å². The zero-order valence-corrected chi connectivity index (χ0v) is 11.6. The molecule has 0 amide bonds. The van der Waals surface area contributed by atoms with Gasteiger partial charge in [-0.05, 0) is 36.2 Å². The average molecular weight is 270 g/mol. The predicted molar refractivity (Wildman–Crippen MR) is 80.5 cm³/mol. The molecule has 0 aliphatic carbocycles. The molecular formula is C17H19FN2. The number of rotatable bonds is 2. The SMILES string of the molecule is Cc1cc(N2CCNC(c3ccccc3)C2)ccc1F. The first kappa shape index (κ1) is 13.1. The van der Waals surface area contributed by atoms with Gasteiger partial charge >= 0.3 is 0 Å². The number of hydrogen-bond donors (Lipinski definition) is 1. The largest absolute Gasteiger partial charge is 0.368 e. The summed E-state index contributed by atoms with van der Waals surface area (Å²) in [5.41, 5.74) is 3.11. The molecule has 0 spiro atoms. The van der Waals surface area contributed by atoms with Crippen molar-refractivity contribution >= 4 is 5.69 Å². The summed E-state index contributed by atoms with van der Waals surface area (Å²) in [6.07, 6.45) is 0. The monoisotopic (exact) mass is 270 g/mol. The number of benzene rings is 2. The lowest BCUT2D eigenvalue weighted by atomic mass is 10.0. The zero-order chi connectivity index (χ0) is 13.9. The molecule has 0 radical (unpaired) electrons. The molecule has 1 aliphatic rings. The lowest BCUT2D eigenvalue weighted by Gasteiger charge is -2.35. The lowest BCUT2D eigenvalue weighted by Crippen LogP contribution is -2.45. The van der Waals surface area contributed by atoms with Crippen molar-refractivity contribution in [2.45, 2.75) is 13.0 Å². The summed E-state index contributed by atoms with van der Waals surface area (Å²) in [4.78, 5) is 2.32. The molecule has 1 fully saturated rings. The number of nitrogens with one attached hydrogen (secondary N) is 1. The van der Waals surface area contributed by atoms with Gasteiger partial charge in [0.05, 0.1) is 0 Å². The van der Waals surface area contributed by atoms with Gasteiger partial charge in [0.1, 0.15) is 5.82 Å². The van der Waals surface area contributed by atoms with E-state index in [1.807, 2.05) is 25.1 Å². The van der Waals surface area contributed by atoms with Crippen molar-refractivity contribution in [3.63, 3.8) is 0 Å². The maximum absolute atomic E-state index is 13.4. The minimum atomic E-state index is -0.136. The molecule has 2 nitrogen and oxygen atoms in total. The van der Waals surface area contributed by atoms with E-state index in [2.05, 4.69) is 34.5 Å². The Morgan fingerprint density at radius 2 is 1.95 bits per heavy atom. The number of piperazine rings is 1. The number of hydrogen-bond acceptors (Lipinski definition) is 2. The fraction of sp³-hybridized carbons (Fsp3) is 0.294. The van der Waals surface area contributed by atoms with Crippen LogP contribution in [0, 0.1) is 12.7 Å². The van der Waals surface area contributed by atoms with Gasteiger partial charge in [-0.1, -0.05) is 30.3 Å². The van der Waals surface area contributed by atoms with Crippen LogP contribution in [0.4, 0.5) is 10.1 Å². The minimum Gasteiger partial charge on any atom is -0.368 e. The first-order valence-electron chi connectivity index (χ1n) is 7.03. The summed E-state index contributed by atoms with van der Waals surface area (Å²) in [6.45, 7) is 4.62. The summed E-state index contributed by atoms with van der Waals surface area (Å²) in [5, 5.41) is 3.55. The zero-order valence-electron chi connectivity index (χ0n) is 11.6. The van der Waals surface area contributed by atoms with E-state index in [4.69, 9.17) is 0 Å². The molecule has 104 valence electrons. The second-order valence-electron chi connectivity index (χ2n) is 5.30. The van der Waals surface area contributed by atoms with Crippen LogP contribution in [0.15, 0.2) is 48.5 Å². The van der Waals surface area contributed by atoms with Crippen LogP contribution in [0.25, 0.3) is 0 Å². The number of anilines is 1. The Kier molecular flexibility index (Phi) is 3.70. The molecule has 1 N–H and O–H groups in total. The Morgan fingerprint density at radius 1 is 1.15 bits per heavy atom.